The molecule has 7 heteroatoms. The number of benzene rings is 1. The van der Waals surface area contributed by atoms with Gasteiger partial charge in [0, 0.05) is 11.7 Å². The number of nitrogens with one attached hydrogen (secondary N) is 1. The summed E-state index contributed by atoms with van der Waals surface area (Å²) in [5.41, 5.74) is 0.933. The zero-order valence-electron chi connectivity index (χ0n) is 15.9. The molecular weight excluding hydrogens is 372 g/mol. The molecule has 4 rings (SSSR count). The van der Waals surface area contributed by atoms with Crippen LogP contribution in [0.1, 0.15) is 32.6 Å². The molecule has 0 bridgehead atoms. The van der Waals surface area contributed by atoms with Gasteiger partial charge in [-0.2, -0.15) is 0 Å². The second-order valence-electron chi connectivity index (χ2n) is 7.18. The zero-order valence-corrected chi connectivity index (χ0v) is 16.7. The third-order valence-electron chi connectivity index (χ3n) is 5.18. The summed E-state index contributed by atoms with van der Waals surface area (Å²) in [4.78, 5) is 12.5. The van der Waals surface area contributed by atoms with Crippen molar-refractivity contribution in [3.05, 3.63) is 48.7 Å². The number of hydrogen-bond acceptors (Lipinski definition) is 5. The molecule has 0 saturated heterocycles. The summed E-state index contributed by atoms with van der Waals surface area (Å²) in [5, 5.41) is 12.5. The molecule has 0 radical (unpaired) electrons. The van der Waals surface area contributed by atoms with Crippen LogP contribution in [0.15, 0.2) is 58.3 Å². The lowest BCUT2D eigenvalue weighted by molar-refractivity contribution is -0.119. The normalized spacial score (nSPS) is 19.5. The molecule has 1 saturated carbocycles. The number of thioether (sulfide) groups is 1. The highest BCUT2D eigenvalue weighted by molar-refractivity contribution is 7.99. The molecule has 0 spiro atoms. The number of para-hydroxylation sites is 1. The molecule has 28 heavy (non-hydrogen) atoms. The van der Waals surface area contributed by atoms with Crippen LogP contribution >= 0.6 is 11.8 Å². The molecule has 1 aliphatic carbocycles. The fourth-order valence-electron chi connectivity index (χ4n) is 3.65. The van der Waals surface area contributed by atoms with Crippen LogP contribution in [-0.2, 0) is 4.79 Å². The van der Waals surface area contributed by atoms with Gasteiger partial charge in [0.25, 0.3) is 0 Å². The molecule has 1 amide bonds. The summed E-state index contributed by atoms with van der Waals surface area (Å²) >= 11 is 1.39. The first-order valence-corrected chi connectivity index (χ1v) is 10.7. The molecule has 1 N–H and O–H groups in total. The number of amides is 1. The van der Waals surface area contributed by atoms with Gasteiger partial charge >= 0.3 is 0 Å². The fourth-order valence-corrected chi connectivity index (χ4v) is 4.41. The summed E-state index contributed by atoms with van der Waals surface area (Å²) in [5.74, 6) is 2.17. The summed E-state index contributed by atoms with van der Waals surface area (Å²) < 4.78 is 7.45. The highest BCUT2D eigenvalue weighted by Crippen LogP contribution is 2.28. The second kappa shape index (κ2) is 8.65. The Morgan fingerprint density at radius 2 is 2.00 bits per heavy atom. The van der Waals surface area contributed by atoms with E-state index in [0.29, 0.717) is 28.4 Å². The Morgan fingerprint density at radius 3 is 2.75 bits per heavy atom. The minimum atomic E-state index is 0.0471. The van der Waals surface area contributed by atoms with Gasteiger partial charge in [-0.1, -0.05) is 49.7 Å². The highest BCUT2D eigenvalue weighted by atomic mass is 32.2. The van der Waals surface area contributed by atoms with E-state index in [1.807, 2.05) is 47.0 Å². The lowest BCUT2D eigenvalue weighted by Gasteiger charge is -2.29. The Kier molecular flexibility index (Phi) is 5.81. The van der Waals surface area contributed by atoms with E-state index in [1.165, 1.54) is 31.0 Å². The van der Waals surface area contributed by atoms with Crippen molar-refractivity contribution in [1.29, 1.82) is 0 Å². The van der Waals surface area contributed by atoms with Gasteiger partial charge < -0.3 is 9.73 Å². The van der Waals surface area contributed by atoms with E-state index in [1.54, 1.807) is 6.26 Å². The van der Waals surface area contributed by atoms with Crippen LogP contribution in [0.25, 0.3) is 17.3 Å². The van der Waals surface area contributed by atoms with Crippen molar-refractivity contribution in [1.82, 2.24) is 20.1 Å². The molecule has 2 atom stereocenters. The van der Waals surface area contributed by atoms with Gasteiger partial charge in [-0.15, -0.1) is 10.2 Å². The molecule has 1 aromatic carbocycles. The van der Waals surface area contributed by atoms with Crippen LogP contribution in [0.4, 0.5) is 0 Å². The van der Waals surface area contributed by atoms with Crippen molar-refractivity contribution in [2.75, 3.05) is 5.75 Å². The van der Waals surface area contributed by atoms with Gasteiger partial charge in [0.05, 0.1) is 12.0 Å². The van der Waals surface area contributed by atoms with Crippen LogP contribution in [-0.4, -0.2) is 32.5 Å². The maximum atomic E-state index is 12.5. The average Bonchev–Trinajstić information content (AvgIpc) is 3.38. The first-order valence-electron chi connectivity index (χ1n) is 9.69. The number of carbonyl (C=O) groups is 1. The standard InChI is InChI=1S/C21H24N4O2S/c1-15-8-5-6-11-17(15)22-19(26)14-28-21-24-23-20(18-12-7-13-27-18)25(21)16-9-3-2-4-10-16/h2-4,7,9-10,12-13,15,17H,5-6,8,11,14H2,1H3,(H,22,26). The number of aromatic nitrogens is 3. The van der Waals surface area contributed by atoms with Crippen molar-refractivity contribution < 1.29 is 9.21 Å². The highest BCUT2D eigenvalue weighted by Gasteiger charge is 2.24. The average molecular weight is 397 g/mol. The van der Waals surface area contributed by atoms with Crippen LogP contribution in [0.5, 0.6) is 0 Å². The van der Waals surface area contributed by atoms with Gasteiger partial charge in [-0.05, 0) is 43.0 Å². The number of rotatable bonds is 6. The number of carbonyl (C=O) groups excluding carboxylic acids is 1. The number of nitrogens with zero attached hydrogens (tertiary/aromatic N) is 3. The van der Waals surface area contributed by atoms with Crippen LogP contribution < -0.4 is 5.32 Å². The van der Waals surface area contributed by atoms with E-state index < -0.39 is 0 Å². The summed E-state index contributed by atoms with van der Waals surface area (Å²) in [6.45, 7) is 2.22. The van der Waals surface area contributed by atoms with Crippen LogP contribution in [0.2, 0.25) is 0 Å². The molecule has 2 unspecified atom stereocenters. The van der Waals surface area contributed by atoms with Crippen molar-refractivity contribution in [3.8, 4) is 17.3 Å². The molecule has 2 aromatic heterocycles. The summed E-state index contributed by atoms with van der Waals surface area (Å²) in [6, 6.07) is 13.8. The van der Waals surface area contributed by atoms with Crippen molar-refractivity contribution in [2.45, 2.75) is 43.8 Å². The van der Waals surface area contributed by atoms with E-state index >= 15 is 0 Å². The maximum absolute atomic E-state index is 12.5. The molecule has 2 heterocycles. The Morgan fingerprint density at radius 1 is 1.18 bits per heavy atom. The molecule has 1 fully saturated rings. The van der Waals surface area contributed by atoms with E-state index in [0.717, 1.165) is 12.1 Å². The van der Waals surface area contributed by atoms with Crippen LogP contribution in [0, 0.1) is 5.92 Å². The maximum Gasteiger partial charge on any atom is 0.230 e. The molecule has 6 nitrogen and oxygen atoms in total. The fraction of sp³-hybridized carbons (Fsp3) is 0.381. The third-order valence-corrected chi connectivity index (χ3v) is 6.11. The quantitative estimate of drug-likeness (QED) is 0.629. The van der Waals surface area contributed by atoms with Crippen molar-refractivity contribution in [3.63, 3.8) is 0 Å². The minimum Gasteiger partial charge on any atom is -0.461 e. The predicted molar refractivity (Wildman–Crippen MR) is 109 cm³/mol. The topological polar surface area (TPSA) is 73.0 Å². The first kappa shape index (κ1) is 18.8. The van der Waals surface area contributed by atoms with Crippen molar-refractivity contribution in [2.24, 2.45) is 5.92 Å². The molecule has 3 aromatic rings. The van der Waals surface area contributed by atoms with Gasteiger partial charge in [0.1, 0.15) is 0 Å². The van der Waals surface area contributed by atoms with Crippen LogP contribution in [0.3, 0.4) is 0 Å². The minimum absolute atomic E-state index is 0.0471. The number of hydrogen-bond donors (Lipinski definition) is 1. The summed E-state index contributed by atoms with van der Waals surface area (Å²) in [6.07, 6.45) is 6.33. The Bertz CT molecular complexity index is 908. The largest absolute Gasteiger partial charge is 0.461 e. The zero-order chi connectivity index (χ0) is 19.3. The van der Waals surface area contributed by atoms with Gasteiger partial charge in [-0.3, -0.25) is 9.36 Å². The van der Waals surface area contributed by atoms with E-state index in [4.69, 9.17) is 4.42 Å². The predicted octanol–water partition coefficient (Wildman–Crippen LogP) is 4.31. The van der Waals surface area contributed by atoms with E-state index in [9.17, 15) is 4.79 Å². The Hall–Kier alpha value is -2.54. The van der Waals surface area contributed by atoms with Gasteiger partial charge in [0.2, 0.25) is 11.7 Å². The third kappa shape index (κ3) is 4.14. The van der Waals surface area contributed by atoms with E-state index in [2.05, 4.69) is 22.4 Å². The van der Waals surface area contributed by atoms with Gasteiger partial charge in [-0.25, -0.2) is 0 Å². The smallest absolute Gasteiger partial charge is 0.230 e. The molecular formula is C21H24N4O2S. The summed E-state index contributed by atoms with van der Waals surface area (Å²) in [7, 11) is 0. The van der Waals surface area contributed by atoms with E-state index in [-0.39, 0.29) is 11.9 Å². The SMILES string of the molecule is CC1CCCCC1NC(=O)CSc1nnc(-c2ccco2)n1-c1ccccc1. The molecule has 146 valence electrons. The lowest BCUT2D eigenvalue weighted by Crippen LogP contribution is -2.41. The number of furan rings is 1. The lowest BCUT2D eigenvalue weighted by atomic mass is 9.86. The second-order valence-corrected chi connectivity index (χ2v) is 8.12. The van der Waals surface area contributed by atoms with Crippen molar-refractivity contribution >= 4 is 17.7 Å². The first-order chi connectivity index (χ1) is 13.7. The monoisotopic (exact) mass is 396 g/mol. The molecule has 0 aliphatic heterocycles. The Balaban J connectivity index is 1.51. The Labute approximate surface area is 168 Å². The van der Waals surface area contributed by atoms with Gasteiger partial charge in [0.15, 0.2) is 10.9 Å². The molecule has 1 aliphatic rings.